The summed E-state index contributed by atoms with van der Waals surface area (Å²) in [5.41, 5.74) is 14.1. The molecule has 9 nitrogen and oxygen atoms in total. The van der Waals surface area contributed by atoms with Gasteiger partial charge >= 0.3 is 0 Å². The molecule has 0 aliphatic carbocycles. The van der Waals surface area contributed by atoms with E-state index in [1.807, 2.05) is 24.5 Å². The van der Waals surface area contributed by atoms with E-state index >= 15 is 0 Å². The van der Waals surface area contributed by atoms with Crippen molar-refractivity contribution in [3.8, 4) is 11.1 Å². The zero-order valence-corrected chi connectivity index (χ0v) is 16.9. The molecule has 2 aliphatic heterocycles. The zero-order valence-electron chi connectivity index (χ0n) is 16.9. The molecule has 1 aromatic carbocycles. The minimum absolute atomic E-state index is 0.148. The zero-order chi connectivity index (χ0) is 21.2. The van der Waals surface area contributed by atoms with Gasteiger partial charge in [-0.15, -0.1) is 0 Å². The summed E-state index contributed by atoms with van der Waals surface area (Å²) in [4.78, 5) is 27.5. The molecule has 0 atom stereocenters. The van der Waals surface area contributed by atoms with Crippen LogP contribution in [0.2, 0.25) is 0 Å². The molecule has 0 spiro atoms. The summed E-state index contributed by atoms with van der Waals surface area (Å²) >= 11 is 0. The molecular weight excluding hydrogens is 392 g/mol. The molecule has 156 valence electrons. The third-order valence-electron chi connectivity index (χ3n) is 5.50. The molecule has 4 heterocycles. The Labute approximate surface area is 179 Å². The lowest BCUT2D eigenvalue weighted by atomic mass is 9.95. The number of aromatic nitrogens is 3. The molecule has 1 saturated heterocycles. The fraction of sp³-hybridized carbons (Fsp3) is 0.227. The molecule has 1 amide bonds. The van der Waals surface area contributed by atoms with Crippen molar-refractivity contribution in [2.45, 2.75) is 19.4 Å². The standard InChI is InChI=1S/C22H22N8O/c23-22-25-11-17(12-26-22)28-21(31)20-19-8-14(3-4-15(19)10-27-29-20)16-7-18(13-24-9-16)30-5-1-2-6-30/h3-4,7-9,11-13,27H,1-2,5-6,10H2,(H,28,31)(H2,23,25,26). The van der Waals surface area contributed by atoms with Gasteiger partial charge in [0.25, 0.3) is 5.91 Å². The summed E-state index contributed by atoms with van der Waals surface area (Å²) in [5.74, 6) is -0.197. The molecule has 0 saturated carbocycles. The van der Waals surface area contributed by atoms with Crippen molar-refractivity contribution in [3.05, 3.63) is 60.2 Å². The third-order valence-corrected chi connectivity index (χ3v) is 5.50. The van der Waals surface area contributed by atoms with E-state index in [0.717, 1.165) is 41.0 Å². The summed E-state index contributed by atoms with van der Waals surface area (Å²) in [6, 6.07) is 8.23. The number of nitrogens with two attached hydrogens (primary N) is 1. The molecule has 3 aromatic rings. The average molecular weight is 414 g/mol. The van der Waals surface area contributed by atoms with Gasteiger partial charge in [-0.3, -0.25) is 9.78 Å². The number of fused-ring (bicyclic) bond motifs is 1. The first-order valence-corrected chi connectivity index (χ1v) is 10.2. The van der Waals surface area contributed by atoms with E-state index in [2.05, 4.69) is 47.8 Å². The SMILES string of the molecule is Nc1ncc(NC(=O)C2=NNCc3ccc(-c4cncc(N5CCCC5)c4)cc32)cn1. The predicted octanol–water partition coefficient (Wildman–Crippen LogP) is 2.17. The maximum Gasteiger partial charge on any atom is 0.276 e. The first kappa shape index (κ1) is 19.0. The van der Waals surface area contributed by atoms with Gasteiger partial charge < -0.3 is 21.4 Å². The smallest absolute Gasteiger partial charge is 0.276 e. The molecule has 4 N–H and O–H groups in total. The lowest BCUT2D eigenvalue weighted by Gasteiger charge is -2.20. The predicted molar refractivity (Wildman–Crippen MR) is 120 cm³/mol. The second-order valence-corrected chi connectivity index (χ2v) is 7.58. The van der Waals surface area contributed by atoms with Crippen molar-refractivity contribution in [2.24, 2.45) is 5.10 Å². The van der Waals surface area contributed by atoms with E-state index in [-0.39, 0.29) is 11.9 Å². The normalized spacial score (nSPS) is 15.1. The van der Waals surface area contributed by atoms with Gasteiger partial charge in [0.1, 0.15) is 0 Å². The minimum Gasteiger partial charge on any atom is -0.370 e. The molecule has 31 heavy (non-hydrogen) atoms. The molecule has 2 aromatic heterocycles. The Balaban J connectivity index is 1.44. The summed E-state index contributed by atoms with van der Waals surface area (Å²) < 4.78 is 0. The number of rotatable bonds is 4. The number of benzene rings is 1. The van der Waals surface area contributed by atoms with E-state index in [0.29, 0.717) is 17.9 Å². The van der Waals surface area contributed by atoms with Gasteiger partial charge in [0, 0.05) is 30.4 Å². The number of nitrogens with zero attached hydrogens (tertiary/aromatic N) is 5. The van der Waals surface area contributed by atoms with Gasteiger partial charge in [-0.2, -0.15) is 5.10 Å². The molecule has 0 unspecified atom stereocenters. The van der Waals surface area contributed by atoms with Crippen LogP contribution >= 0.6 is 0 Å². The van der Waals surface area contributed by atoms with Crippen LogP contribution in [0.25, 0.3) is 11.1 Å². The third kappa shape index (κ3) is 3.89. The van der Waals surface area contributed by atoms with Crippen LogP contribution in [0, 0.1) is 0 Å². The van der Waals surface area contributed by atoms with Crippen LogP contribution in [0.4, 0.5) is 17.3 Å². The highest BCUT2D eigenvalue weighted by molar-refractivity contribution is 6.49. The summed E-state index contributed by atoms with van der Waals surface area (Å²) in [6.07, 6.45) is 9.11. The second-order valence-electron chi connectivity index (χ2n) is 7.58. The van der Waals surface area contributed by atoms with E-state index in [9.17, 15) is 4.79 Å². The van der Waals surface area contributed by atoms with Crippen molar-refractivity contribution in [2.75, 3.05) is 29.0 Å². The topological polar surface area (TPSA) is 121 Å². The Hall–Kier alpha value is -4.01. The summed E-state index contributed by atoms with van der Waals surface area (Å²) in [6.45, 7) is 2.68. The molecule has 0 radical (unpaired) electrons. The van der Waals surface area contributed by atoms with Gasteiger partial charge in [-0.05, 0) is 36.1 Å². The van der Waals surface area contributed by atoms with Crippen LogP contribution in [-0.2, 0) is 11.3 Å². The lowest BCUT2D eigenvalue weighted by Crippen LogP contribution is -2.31. The first-order chi connectivity index (χ1) is 15.2. The van der Waals surface area contributed by atoms with Crippen molar-refractivity contribution >= 4 is 28.9 Å². The number of nitrogens with one attached hydrogen (secondary N) is 2. The highest BCUT2D eigenvalue weighted by Crippen LogP contribution is 2.28. The molecule has 2 aliphatic rings. The number of carbonyl (C=O) groups is 1. The molecule has 5 rings (SSSR count). The highest BCUT2D eigenvalue weighted by atomic mass is 16.2. The van der Waals surface area contributed by atoms with Crippen LogP contribution < -0.4 is 21.4 Å². The van der Waals surface area contributed by atoms with Crippen LogP contribution in [-0.4, -0.2) is 39.7 Å². The molecular formula is C22H22N8O. The molecule has 0 bridgehead atoms. The number of hydrogen-bond acceptors (Lipinski definition) is 8. The Morgan fingerprint density at radius 2 is 1.84 bits per heavy atom. The average Bonchev–Trinajstić information content (AvgIpc) is 3.35. The van der Waals surface area contributed by atoms with Gasteiger partial charge in [-0.1, -0.05) is 12.1 Å². The highest BCUT2D eigenvalue weighted by Gasteiger charge is 2.22. The quantitative estimate of drug-likeness (QED) is 0.598. The minimum atomic E-state index is -0.345. The maximum atomic E-state index is 12.9. The number of hydrogen-bond donors (Lipinski definition) is 3. The van der Waals surface area contributed by atoms with Crippen molar-refractivity contribution in [1.82, 2.24) is 20.4 Å². The van der Waals surface area contributed by atoms with Crippen molar-refractivity contribution in [3.63, 3.8) is 0 Å². The van der Waals surface area contributed by atoms with E-state index in [4.69, 9.17) is 5.73 Å². The Morgan fingerprint density at radius 3 is 2.65 bits per heavy atom. The van der Waals surface area contributed by atoms with Gasteiger partial charge in [-0.25, -0.2) is 9.97 Å². The van der Waals surface area contributed by atoms with Crippen molar-refractivity contribution < 1.29 is 4.79 Å². The monoisotopic (exact) mass is 414 g/mol. The summed E-state index contributed by atoms with van der Waals surface area (Å²) in [7, 11) is 0. The number of nitrogen functional groups attached to an aromatic ring is 1. The number of anilines is 3. The Bertz CT molecular complexity index is 1150. The first-order valence-electron chi connectivity index (χ1n) is 10.2. The van der Waals surface area contributed by atoms with Gasteiger partial charge in [0.05, 0.1) is 36.5 Å². The molecule has 1 fully saturated rings. The van der Waals surface area contributed by atoms with E-state index < -0.39 is 0 Å². The van der Waals surface area contributed by atoms with Crippen LogP contribution in [0.15, 0.2) is 54.2 Å². The fourth-order valence-corrected chi connectivity index (χ4v) is 3.89. The van der Waals surface area contributed by atoms with Crippen molar-refractivity contribution in [1.29, 1.82) is 0 Å². The summed E-state index contributed by atoms with van der Waals surface area (Å²) in [5, 5.41) is 7.04. The van der Waals surface area contributed by atoms with Crippen LogP contribution in [0.5, 0.6) is 0 Å². The van der Waals surface area contributed by atoms with Gasteiger partial charge in [0.2, 0.25) is 5.95 Å². The number of carbonyl (C=O) groups excluding carboxylic acids is 1. The maximum absolute atomic E-state index is 12.9. The fourth-order valence-electron chi connectivity index (χ4n) is 3.89. The number of hydrazone groups is 1. The Morgan fingerprint density at radius 1 is 1.03 bits per heavy atom. The van der Waals surface area contributed by atoms with Crippen LogP contribution in [0.3, 0.4) is 0 Å². The van der Waals surface area contributed by atoms with Gasteiger partial charge in [0.15, 0.2) is 5.71 Å². The second kappa shape index (κ2) is 8.02. The molecule has 9 heteroatoms. The Kier molecular flexibility index (Phi) is 4.91. The largest absolute Gasteiger partial charge is 0.370 e. The lowest BCUT2D eigenvalue weighted by molar-refractivity contribution is -0.110. The number of pyridine rings is 1. The number of amides is 1. The van der Waals surface area contributed by atoms with E-state index in [1.165, 1.54) is 25.2 Å². The van der Waals surface area contributed by atoms with Crippen LogP contribution in [0.1, 0.15) is 24.0 Å². The van der Waals surface area contributed by atoms with E-state index in [1.54, 1.807) is 0 Å².